The predicted octanol–water partition coefficient (Wildman–Crippen LogP) is 4.41. The van der Waals surface area contributed by atoms with Crippen molar-refractivity contribution >= 4 is 33.6 Å². The van der Waals surface area contributed by atoms with Crippen molar-refractivity contribution in [1.82, 2.24) is 4.98 Å². The molecule has 0 saturated carbocycles. The summed E-state index contributed by atoms with van der Waals surface area (Å²) < 4.78 is 1.08. The van der Waals surface area contributed by atoms with Crippen LogP contribution in [0.1, 0.15) is 59.6 Å². The average Bonchev–Trinajstić information content (AvgIpc) is 3.38. The molecule has 0 fully saturated rings. The van der Waals surface area contributed by atoms with Crippen LogP contribution in [-0.4, -0.2) is 23.0 Å². The zero-order valence-electron chi connectivity index (χ0n) is 18.7. The third-order valence-corrected chi connectivity index (χ3v) is 8.25. The Morgan fingerprint density at radius 2 is 1.70 bits per heavy atom. The highest BCUT2D eigenvalue weighted by Gasteiger charge is 2.24. The number of aliphatic hydroxyl groups is 1. The first-order chi connectivity index (χ1) is 14.1. The van der Waals surface area contributed by atoms with Gasteiger partial charge in [0.2, 0.25) is 0 Å². The number of nitrogens with two attached hydrogens (primary N) is 2. The van der Waals surface area contributed by atoms with Gasteiger partial charge in [-0.15, -0.1) is 11.3 Å². The molecule has 2 aromatic heterocycles. The summed E-state index contributed by atoms with van der Waals surface area (Å²) in [5.41, 5.74) is 12.1. The maximum Gasteiger partial charge on any atom is 0.0932 e. The number of hydrogen-bond donors (Lipinski definition) is 4. The van der Waals surface area contributed by atoms with Crippen LogP contribution in [0.4, 0.5) is 5.69 Å². The van der Waals surface area contributed by atoms with Crippen LogP contribution >= 0.6 is 22.0 Å². The number of rotatable bonds is 3. The molecule has 2 aliphatic rings. The predicted molar refractivity (Wildman–Crippen MR) is 134 cm³/mol. The standard InChI is InChI=1S/C12H16N2.C9H15NOS2.C2H5N/c1-13-12-8-4-2-6-10(8)14-11-7-3-5-9(11)12;1-6-5-7(9(2,3)11)12-8(6)13(4)10;1-2-3/h2-7H2,1H3,(H,13,14);5,11H,4,10H2,1-3H3;2H,1,3H2. The van der Waals surface area contributed by atoms with Crippen LogP contribution in [0.3, 0.4) is 0 Å². The lowest BCUT2D eigenvalue weighted by Crippen LogP contribution is -2.12. The van der Waals surface area contributed by atoms with Gasteiger partial charge in [0.05, 0.1) is 9.81 Å². The van der Waals surface area contributed by atoms with Gasteiger partial charge in [0.25, 0.3) is 0 Å². The summed E-state index contributed by atoms with van der Waals surface area (Å²) in [7, 11) is 1.60. The van der Waals surface area contributed by atoms with Crippen molar-refractivity contribution in [3.8, 4) is 0 Å². The molecule has 0 aliphatic heterocycles. The summed E-state index contributed by atoms with van der Waals surface area (Å²) in [5, 5.41) is 18.9. The Hall–Kier alpha value is -1.67. The van der Waals surface area contributed by atoms with Gasteiger partial charge in [-0.3, -0.25) is 10.1 Å². The van der Waals surface area contributed by atoms with Gasteiger partial charge in [-0.2, -0.15) is 0 Å². The van der Waals surface area contributed by atoms with E-state index >= 15 is 0 Å². The fourth-order valence-electron chi connectivity index (χ4n) is 3.91. The number of nitrogens with one attached hydrogen (secondary N) is 1. The van der Waals surface area contributed by atoms with Crippen LogP contribution in [0, 0.1) is 6.92 Å². The number of pyridine rings is 1. The van der Waals surface area contributed by atoms with Gasteiger partial charge in [0.15, 0.2) is 0 Å². The van der Waals surface area contributed by atoms with E-state index in [9.17, 15) is 5.11 Å². The Morgan fingerprint density at radius 1 is 1.20 bits per heavy atom. The summed E-state index contributed by atoms with van der Waals surface area (Å²) in [5.74, 6) is 3.80. The third-order valence-electron chi connectivity index (χ3n) is 5.21. The largest absolute Gasteiger partial charge is 0.405 e. The lowest BCUT2D eigenvalue weighted by atomic mass is 10.1. The highest BCUT2D eigenvalue weighted by Crippen LogP contribution is 2.37. The highest BCUT2D eigenvalue weighted by atomic mass is 32.2. The van der Waals surface area contributed by atoms with E-state index in [1.54, 1.807) is 25.2 Å². The molecule has 0 radical (unpaired) electrons. The highest BCUT2D eigenvalue weighted by molar-refractivity contribution is 8.13. The number of thiophene rings is 1. The summed E-state index contributed by atoms with van der Waals surface area (Å²) >= 11 is 1.55. The van der Waals surface area contributed by atoms with Gasteiger partial charge < -0.3 is 16.2 Å². The molecule has 5 nitrogen and oxygen atoms in total. The lowest BCUT2D eigenvalue weighted by Gasteiger charge is -2.13. The minimum absolute atomic E-state index is 0.447. The van der Waals surface area contributed by atoms with E-state index in [1.807, 2.05) is 20.0 Å². The fraction of sp³-hybridized carbons (Fsp3) is 0.478. The number of hydrogen-bond acceptors (Lipinski definition) is 6. The van der Waals surface area contributed by atoms with E-state index < -0.39 is 16.3 Å². The molecule has 4 rings (SSSR count). The van der Waals surface area contributed by atoms with E-state index in [-0.39, 0.29) is 0 Å². The number of aromatic nitrogens is 1. The molecule has 0 amide bonds. The van der Waals surface area contributed by atoms with Crippen molar-refractivity contribution in [2.24, 2.45) is 10.9 Å². The monoisotopic (exact) mass is 448 g/mol. The second kappa shape index (κ2) is 10.6. The first-order valence-corrected chi connectivity index (χ1v) is 12.6. The molecule has 2 heterocycles. The minimum Gasteiger partial charge on any atom is -0.405 e. The Kier molecular flexibility index (Phi) is 8.67. The summed E-state index contributed by atoms with van der Waals surface area (Å²) in [4.78, 5) is 5.75. The number of anilines is 1. The van der Waals surface area contributed by atoms with Crippen molar-refractivity contribution in [3.05, 3.63) is 51.8 Å². The van der Waals surface area contributed by atoms with Gasteiger partial charge in [0, 0.05) is 29.0 Å². The van der Waals surface area contributed by atoms with Crippen LogP contribution < -0.4 is 16.2 Å². The Morgan fingerprint density at radius 3 is 2.03 bits per heavy atom. The van der Waals surface area contributed by atoms with Crippen molar-refractivity contribution in [1.29, 1.82) is 0 Å². The minimum atomic E-state index is -0.771. The molecule has 1 unspecified atom stereocenters. The van der Waals surface area contributed by atoms with Gasteiger partial charge in [-0.05, 0) is 88.3 Å². The topological polar surface area (TPSA) is 97.2 Å². The van der Waals surface area contributed by atoms with Crippen molar-refractivity contribution in [2.75, 3.05) is 12.4 Å². The summed E-state index contributed by atoms with van der Waals surface area (Å²) in [6, 6.07) is 1.98. The second-order valence-corrected chi connectivity index (χ2v) is 10.7. The first kappa shape index (κ1) is 24.6. The quantitative estimate of drug-likeness (QED) is 0.522. The SMILES string of the molecule is C=CN.C=S(N)c1sc(C(C)(C)O)cc1C.CNc1c2c(nc3c1CCC3)CCC2. The maximum absolute atomic E-state index is 9.76. The Balaban J connectivity index is 0.000000190. The van der Waals surface area contributed by atoms with Crippen LogP contribution in [0.2, 0.25) is 0 Å². The normalized spacial score (nSPS) is 15.1. The van der Waals surface area contributed by atoms with E-state index in [4.69, 9.17) is 10.1 Å². The van der Waals surface area contributed by atoms with E-state index in [2.05, 4.69) is 23.5 Å². The molecule has 0 bridgehead atoms. The van der Waals surface area contributed by atoms with Crippen molar-refractivity contribution in [3.63, 3.8) is 0 Å². The number of aryl methyl sites for hydroxylation is 3. The smallest absolute Gasteiger partial charge is 0.0932 e. The molecule has 7 heteroatoms. The van der Waals surface area contributed by atoms with Crippen LogP contribution in [-0.2, 0) is 31.3 Å². The summed E-state index contributed by atoms with van der Waals surface area (Å²) in [6.07, 6.45) is 8.67. The van der Waals surface area contributed by atoms with Gasteiger partial charge in [-0.1, -0.05) is 23.1 Å². The second-order valence-electron chi connectivity index (χ2n) is 8.10. The summed E-state index contributed by atoms with van der Waals surface area (Å²) in [6.45, 7) is 8.69. The van der Waals surface area contributed by atoms with Crippen molar-refractivity contribution < 1.29 is 5.11 Å². The van der Waals surface area contributed by atoms with Gasteiger partial charge in [-0.25, -0.2) is 0 Å². The third kappa shape index (κ3) is 5.72. The molecule has 166 valence electrons. The zero-order chi connectivity index (χ0) is 22.5. The molecule has 2 aliphatic carbocycles. The Labute approximate surface area is 187 Å². The first-order valence-electron chi connectivity index (χ1n) is 10.3. The molecule has 0 spiro atoms. The van der Waals surface area contributed by atoms with Crippen LogP contribution in [0.25, 0.3) is 0 Å². The molecule has 1 atom stereocenters. The molecule has 6 N–H and O–H groups in total. The van der Waals surface area contributed by atoms with Crippen LogP contribution in [0.15, 0.2) is 23.1 Å². The van der Waals surface area contributed by atoms with E-state index in [0.717, 1.165) is 14.6 Å². The molecule has 0 aromatic carbocycles. The zero-order valence-corrected chi connectivity index (χ0v) is 20.3. The van der Waals surface area contributed by atoms with Crippen LogP contribution in [0.5, 0.6) is 0 Å². The average molecular weight is 449 g/mol. The lowest BCUT2D eigenvalue weighted by molar-refractivity contribution is 0.0825. The van der Waals surface area contributed by atoms with E-state index in [0.29, 0.717) is 0 Å². The van der Waals surface area contributed by atoms with E-state index in [1.165, 1.54) is 72.9 Å². The Bertz CT molecular complexity index is 881. The number of fused-ring (bicyclic) bond motifs is 2. The van der Waals surface area contributed by atoms with Crippen molar-refractivity contribution in [2.45, 2.75) is 69.1 Å². The molecule has 30 heavy (non-hydrogen) atoms. The fourth-order valence-corrected chi connectivity index (χ4v) is 5.99. The maximum atomic E-state index is 9.76. The van der Waals surface area contributed by atoms with Gasteiger partial charge in [0.1, 0.15) is 0 Å². The molecular formula is C23H36N4OS2. The number of nitrogens with zero attached hydrogens (tertiary/aromatic N) is 1. The molecule has 2 aromatic rings. The molecule has 0 saturated heterocycles. The van der Waals surface area contributed by atoms with Gasteiger partial charge >= 0.3 is 0 Å². The molecular weight excluding hydrogens is 412 g/mol.